The standard InChI is InChI=1S/C19H34N4O3/c1-20-19(21-14-16(24)15-6-3-2-4-7-15)23-11-9-22(10-12-23)18(25)17-8-5-13-26-17/h15-17,24H,2-14H2,1H3,(H,20,21). The maximum absolute atomic E-state index is 12.4. The van der Waals surface area contributed by atoms with Gasteiger partial charge in [0.25, 0.3) is 5.91 Å². The van der Waals surface area contributed by atoms with E-state index in [-0.39, 0.29) is 18.1 Å². The first kappa shape index (κ1) is 19.4. The van der Waals surface area contributed by atoms with E-state index in [1.54, 1.807) is 7.05 Å². The third-order valence-electron chi connectivity index (χ3n) is 5.97. The van der Waals surface area contributed by atoms with Crippen LogP contribution in [-0.2, 0) is 9.53 Å². The number of hydrogen-bond acceptors (Lipinski definition) is 4. The molecule has 7 heteroatoms. The topological polar surface area (TPSA) is 77.4 Å². The molecular weight excluding hydrogens is 332 g/mol. The van der Waals surface area contributed by atoms with Gasteiger partial charge in [-0.2, -0.15) is 0 Å². The molecule has 1 aliphatic carbocycles. The van der Waals surface area contributed by atoms with Gasteiger partial charge in [-0.15, -0.1) is 0 Å². The number of amides is 1. The zero-order valence-corrected chi connectivity index (χ0v) is 16.0. The number of ether oxygens (including phenoxy) is 1. The fourth-order valence-corrected chi connectivity index (χ4v) is 4.33. The highest BCUT2D eigenvalue weighted by Crippen LogP contribution is 2.26. The van der Waals surface area contributed by atoms with Crippen LogP contribution in [0.5, 0.6) is 0 Å². The molecule has 0 aromatic heterocycles. The molecule has 0 aromatic rings. The number of hydrogen-bond donors (Lipinski definition) is 2. The Morgan fingerprint density at radius 2 is 1.81 bits per heavy atom. The molecule has 0 bridgehead atoms. The van der Waals surface area contributed by atoms with Crippen LogP contribution < -0.4 is 5.32 Å². The summed E-state index contributed by atoms with van der Waals surface area (Å²) in [6.07, 6.45) is 7.31. The summed E-state index contributed by atoms with van der Waals surface area (Å²) >= 11 is 0. The maximum Gasteiger partial charge on any atom is 0.251 e. The quantitative estimate of drug-likeness (QED) is 0.569. The second-order valence-corrected chi connectivity index (χ2v) is 7.71. The molecule has 148 valence electrons. The SMILES string of the molecule is CN=C(NCC(O)C1CCCCC1)N1CCN(C(=O)C2CCCO2)CC1. The molecule has 0 spiro atoms. The molecule has 3 rings (SSSR count). The van der Waals surface area contributed by atoms with E-state index in [0.717, 1.165) is 44.7 Å². The lowest BCUT2D eigenvalue weighted by Crippen LogP contribution is -2.56. The van der Waals surface area contributed by atoms with E-state index < -0.39 is 0 Å². The molecule has 7 nitrogen and oxygen atoms in total. The average Bonchev–Trinajstić information content (AvgIpc) is 3.24. The third kappa shape index (κ3) is 4.88. The average molecular weight is 367 g/mol. The Balaban J connectivity index is 1.42. The summed E-state index contributed by atoms with van der Waals surface area (Å²) < 4.78 is 5.52. The number of nitrogens with zero attached hydrogens (tertiary/aromatic N) is 3. The molecular formula is C19H34N4O3. The number of nitrogens with one attached hydrogen (secondary N) is 1. The van der Waals surface area contributed by atoms with Crippen molar-refractivity contribution >= 4 is 11.9 Å². The minimum Gasteiger partial charge on any atom is -0.391 e. The zero-order chi connectivity index (χ0) is 18.4. The highest BCUT2D eigenvalue weighted by Gasteiger charge is 2.31. The van der Waals surface area contributed by atoms with Gasteiger partial charge < -0.3 is 25.0 Å². The monoisotopic (exact) mass is 366 g/mol. The number of guanidine groups is 1. The van der Waals surface area contributed by atoms with Crippen molar-refractivity contribution in [3.63, 3.8) is 0 Å². The highest BCUT2D eigenvalue weighted by atomic mass is 16.5. The van der Waals surface area contributed by atoms with Crippen molar-refractivity contribution in [2.45, 2.75) is 57.2 Å². The van der Waals surface area contributed by atoms with Crippen molar-refractivity contribution in [1.82, 2.24) is 15.1 Å². The van der Waals surface area contributed by atoms with Gasteiger partial charge in [0.15, 0.2) is 5.96 Å². The third-order valence-corrected chi connectivity index (χ3v) is 5.97. The van der Waals surface area contributed by atoms with E-state index in [1.165, 1.54) is 19.3 Å². The van der Waals surface area contributed by atoms with Crippen molar-refractivity contribution in [2.24, 2.45) is 10.9 Å². The number of aliphatic imine (C=N–C) groups is 1. The van der Waals surface area contributed by atoms with Crippen LogP contribution in [0.15, 0.2) is 4.99 Å². The maximum atomic E-state index is 12.4. The van der Waals surface area contributed by atoms with Crippen molar-refractivity contribution in [1.29, 1.82) is 0 Å². The van der Waals surface area contributed by atoms with Crippen molar-refractivity contribution in [3.05, 3.63) is 0 Å². The first-order valence-electron chi connectivity index (χ1n) is 10.2. The lowest BCUT2D eigenvalue weighted by atomic mass is 9.85. The molecule has 0 aromatic carbocycles. The predicted molar refractivity (Wildman–Crippen MR) is 101 cm³/mol. The number of piperazine rings is 1. The number of carbonyl (C=O) groups is 1. The van der Waals surface area contributed by atoms with Gasteiger partial charge in [0, 0.05) is 46.4 Å². The Bertz CT molecular complexity index is 479. The van der Waals surface area contributed by atoms with Crippen LogP contribution in [0.25, 0.3) is 0 Å². The van der Waals surface area contributed by atoms with Crippen molar-refractivity contribution < 1.29 is 14.6 Å². The Labute approximate surface area is 156 Å². The molecule has 2 aliphatic heterocycles. The second kappa shape index (κ2) is 9.55. The normalized spacial score (nSPS) is 26.8. The number of aliphatic hydroxyl groups is 1. The van der Waals surface area contributed by atoms with E-state index in [9.17, 15) is 9.90 Å². The number of carbonyl (C=O) groups excluding carboxylic acids is 1. The first-order valence-corrected chi connectivity index (χ1v) is 10.2. The Hall–Kier alpha value is -1.34. The lowest BCUT2D eigenvalue weighted by molar-refractivity contribution is -0.142. The molecule has 2 unspecified atom stereocenters. The van der Waals surface area contributed by atoms with Gasteiger partial charge in [-0.05, 0) is 31.6 Å². The molecule has 2 heterocycles. The zero-order valence-electron chi connectivity index (χ0n) is 16.0. The van der Waals surface area contributed by atoms with E-state index in [4.69, 9.17) is 4.74 Å². The van der Waals surface area contributed by atoms with Crippen LogP contribution in [0.4, 0.5) is 0 Å². The van der Waals surface area contributed by atoms with Crippen LogP contribution in [0, 0.1) is 5.92 Å². The molecule has 0 radical (unpaired) electrons. The molecule has 3 fully saturated rings. The predicted octanol–water partition coefficient (Wildman–Crippen LogP) is 0.826. The summed E-state index contributed by atoms with van der Waals surface area (Å²) in [5, 5.41) is 13.8. The van der Waals surface area contributed by atoms with Gasteiger partial charge in [0.05, 0.1) is 6.10 Å². The minimum absolute atomic E-state index is 0.137. The second-order valence-electron chi connectivity index (χ2n) is 7.71. The van der Waals surface area contributed by atoms with E-state index in [2.05, 4.69) is 15.2 Å². The van der Waals surface area contributed by atoms with Crippen LogP contribution in [-0.4, -0.2) is 85.4 Å². The van der Waals surface area contributed by atoms with Gasteiger partial charge in [0.1, 0.15) is 6.10 Å². The molecule has 1 saturated carbocycles. The van der Waals surface area contributed by atoms with Crippen molar-refractivity contribution in [2.75, 3.05) is 46.4 Å². The molecule has 2 N–H and O–H groups in total. The van der Waals surface area contributed by atoms with Gasteiger partial charge in [0.2, 0.25) is 0 Å². The van der Waals surface area contributed by atoms with Crippen LogP contribution >= 0.6 is 0 Å². The highest BCUT2D eigenvalue weighted by molar-refractivity contribution is 5.82. The molecule has 3 aliphatic rings. The fourth-order valence-electron chi connectivity index (χ4n) is 4.33. The summed E-state index contributed by atoms with van der Waals surface area (Å²) in [5.74, 6) is 1.37. The smallest absolute Gasteiger partial charge is 0.251 e. The summed E-state index contributed by atoms with van der Waals surface area (Å²) in [5.41, 5.74) is 0. The van der Waals surface area contributed by atoms with E-state index >= 15 is 0 Å². The molecule has 2 saturated heterocycles. The number of aliphatic hydroxyl groups excluding tert-OH is 1. The fraction of sp³-hybridized carbons (Fsp3) is 0.895. The van der Waals surface area contributed by atoms with Crippen molar-refractivity contribution in [3.8, 4) is 0 Å². The molecule has 26 heavy (non-hydrogen) atoms. The summed E-state index contributed by atoms with van der Waals surface area (Å²) in [6, 6.07) is 0. The lowest BCUT2D eigenvalue weighted by Gasteiger charge is -2.37. The summed E-state index contributed by atoms with van der Waals surface area (Å²) in [4.78, 5) is 20.9. The van der Waals surface area contributed by atoms with E-state index in [0.29, 0.717) is 32.2 Å². The van der Waals surface area contributed by atoms with E-state index in [1.807, 2.05) is 4.90 Å². The molecule has 2 atom stereocenters. The minimum atomic E-state index is -0.311. The number of rotatable bonds is 4. The van der Waals surface area contributed by atoms with Crippen LogP contribution in [0.1, 0.15) is 44.9 Å². The summed E-state index contributed by atoms with van der Waals surface area (Å²) in [6.45, 7) is 4.17. The largest absolute Gasteiger partial charge is 0.391 e. The van der Waals surface area contributed by atoms with Gasteiger partial charge >= 0.3 is 0 Å². The van der Waals surface area contributed by atoms with Crippen LogP contribution in [0.3, 0.4) is 0 Å². The Morgan fingerprint density at radius 1 is 1.12 bits per heavy atom. The van der Waals surface area contributed by atoms with Gasteiger partial charge in [-0.3, -0.25) is 9.79 Å². The Morgan fingerprint density at radius 3 is 2.42 bits per heavy atom. The Kier molecular flexibility index (Phi) is 7.14. The van der Waals surface area contributed by atoms with Gasteiger partial charge in [-0.25, -0.2) is 0 Å². The van der Waals surface area contributed by atoms with Crippen LogP contribution in [0.2, 0.25) is 0 Å². The van der Waals surface area contributed by atoms with Gasteiger partial charge in [-0.1, -0.05) is 19.3 Å². The molecule has 1 amide bonds. The first-order chi connectivity index (χ1) is 12.7. The summed E-state index contributed by atoms with van der Waals surface area (Å²) in [7, 11) is 1.78.